The van der Waals surface area contributed by atoms with E-state index in [1.165, 1.54) is 0 Å². The highest BCUT2D eigenvalue weighted by molar-refractivity contribution is 5.81. The summed E-state index contributed by atoms with van der Waals surface area (Å²) in [5.74, 6) is 0.700. The van der Waals surface area contributed by atoms with Crippen LogP contribution in [0.15, 0.2) is 0 Å². The van der Waals surface area contributed by atoms with Gasteiger partial charge in [0.2, 0.25) is 0 Å². The van der Waals surface area contributed by atoms with Crippen molar-refractivity contribution in [2.75, 3.05) is 6.61 Å². The third kappa shape index (κ3) is 3.31. The van der Waals surface area contributed by atoms with E-state index in [0.29, 0.717) is 12.2 Å². The molecule has 0 aromatic heterocycles. The molecule has 0 aliphatic heterocycles. The quantitative estimate of drug-likeness (QED) is 0.661. The number of carbonyl (C=O) groups is 1. The molecule has 0 aromatic rings. The molecule has 1 aliphatic rings. The van der Waals surface area contributed by atoms with E-state index in [4.69, 9.17) is 4.74 Å². The van der Waals surface area contributed by atoms with Gasteiger partial charge < -0.3 is 4.74 Å². The summed E-state index contributed by atoms with van der Waals surface area (Å²) < 4.78 is 6.05. The Morgan fingerprint density at radius 1 is 1.31 bits per heavy atom. The van der Waals surface area contributed by atoms with Gasteiger partial charge in [0.15, 0.2) is 0 Å². The van der Waals surface area contributed by atoms with Crippen molar-refractivity contribution in [2.45, 2.75) is 71.3 Å². The average molecular weight is 226 g/mol. The molecule has 0 saturated heterocycles. The number of Topliss-reactive ketones (excluding diaryl/α,β-unsaturated/α-hetero) is 1. The molecule has 0 N–H and O–H groups in total. The summed E-state index contributed by atoms with van der Waals surface area (Å²) in [6.45, 7) is 7.15. The van der Waals surface area contributed by atoms with Crippen molar-refractivity contribution in [1.29, 1.82) is 0 Å². The Balaban J connectivity index is 2.56. The van der Waals surface area contributed by atoms with Crippen LogP contribution in [-0.4, -0.2) is 18.0 Å². The molecule has 0 spiro atoms. The number of ketones is 1. The first-order valence-corrected chi connectivity index (χ1v) is 6.84. The number of ether oxygens (including phenoxy) is 1. The lowest BCUT2D eigenvalue weighted by atomic mass is 9.92. The monoisotopic (exact) mass is 226 g/mol. The second kappa shape index (κ2) is 6.39. The van der Waals surface area contributed by atoms with Crippen LogP contribution in [0.1, 0.15) is 65.7 Å². The molecule has 2 unspecified atom stereocenters. The Morgan fingerprint density at radius 3 is 2.62 bits per heavy atom. The van der Waals surface area contributed by atoms with Crippen molar-refractivity contribution in [3.05, 3.63) is 0 Å². The maximum absolute atomic E-state index is 11.7. The fourth-order valence-corrected chi connectivity index (χ4v) is 2.86. The molecule has 0 amide bonds. The van der Waals surface area contributed by atoms with Gasteiger partial charge in [-0.15, -0.1) is 0 Å². The second-order valence-corrected chi connectivity index (χ2v) is 5.04. The van der Waals surface area contributed by atoms with Crippen molar-refractivity contribution in [2.24, 2.45) is 5.92 Å². The van der Waals surface area contributed by atoms with Crippen LogP contribution in [-0.2, 0) is 9.53 Å². The number of rotatable bonds is 7. The minimum Gasteiger partial charge on any atom is -0.375 e. The molecule has 0 aromatic carbocycles. The van der Waals surface area contributed by atoms with E-state index in [1.807, 2.05) is 6.92 Å². The fourth-order valence-electron chi connectivity index (χ4n) is 2.86. The largest absolute Gasteiger partial charge is 0.375 e. The van der Waals surface area contributed by atoms with Crippen LogP contribution < -0.4 is 0 Å². The molecule has 1 fully saturated rings. The molecular weight excluding hydrogens is 200 g/mol. The highest BCUT2D eigenvalue weighted by Gasteiger charge is 2.41. The second-order valence-electron chi connectivity index (χ2n) is 5.04. The van der Waals surface area contributed by atoms with Crippen molar-refractivity contribution in [1.82, 2.24) is 0 Å². The van der Waals surface area contributed by atoms with Gasteiger partial charge in [-0.25, -0.2) is 0 Å². The van der Waals surface area contributed by atoms with E-state index in [-0.39, 0.29) is 11.5 Å². The Morgan fingerprint density at radius 2 is 2.06 bits per heavy atom. The molecule has 2 heteroatoms. The number of hydrogen-bond donors (Lipinski definition) is 0. The van der Waals surface area contributed by atoms with Gasteiger partial charge in [0, 0.05) is 18.9 Å². The Hall–Kier alpha value is -0.370. The number of hydrogen-bond acceptors (Lipinski definition) is 2. The van der Waals surface area contributed by atoms with Crippen LogP contribution in [0.2, 0.25) is 0 Å². The third-order valence-corrected chi connectivity index (χ3v) is 3.69. The maximum atomic E-state index is 11.7. The van der Waals surface area contributed by atoms with E-state index >= 15 is 0 Å². The SMILES string of the molecule is CCCOC1(CCC)CCC(C(=O)CC)C1. The van der Waals surface area contributed by atoms with Gasteiger partial charge in [-0.1, -0.05) is 27.2 Å². The summed E-state index contributed by atoms with van der Waals surface area (Å²) >= 11 is 0. The van der Waals surface area contributed by atoms with Crippen molar-refractivity contribution >= 4 is 5.78 Å². The normalized spacial score (nSPS) is 29.6. The third-order valence-electron chi connectivity index (χ3n) is 3.69. The van der Waals surface area contributed by atoms with Crippen LogP contribution in [0.25, 0.3) is 0 Å². The minimum atomic E-state index is 0.0280. The highest BCUT2D eigenvalue weighted by atomic mass is 16.5. The maximum Gasteiger partial charge on any atom is 0.135 e. The van der Waals surface area contributed by atoms with Gasteiger partial charge in [0.1, 0.15) is 5.78 Å². The molecule has 0 radical (unpaired) electrons. The van der Waals surface area contributed by atoms with Crippen molar-refractivity contribution in [3.63, 3.8) is 0 Å². The molecule has 0 bridgehead atoms. The van der Waals surface area contributed by atoms with Crippen LogP contribution in [0.4, 0.5) is 0 Å². The van der Waals surface area contributed by atoms with Crippen LogP contribution in [0.5, 0.6) is 0 Å². The van der Waals surface area contributed by atoms with Crippen molar-refractivity contribution < 1.29 is 9.53 Å². The lowest BCUT2D eigenvalue weighted by molar-refractivity contribution is -0.123. The first kappa shape index (κ1) is 13.7. The van der Waals surface area contributed by atoms with Gasteiger partial charge in [-0.05, 0) is 32.1 Å². The standard InChI is InChI=1S/C14H26O2/c1-4-8-14(16-10-5-2)9-7-12(11-14)13(15)6-3/h12H,4-11H2,1-3H3. The molecule has 2 atom stereocenters. The molecule has 1 aliphatic carbocycles. The van der Waals surface area contributed by atoms with E-state index in [2.05, 4.69) is 13.8 Å². The summed E-state index contributed by atoms with van der Waals surface area (Å²) in [7, 11) is 0. The molecule has 1 rings (SSSR count). The molecule has 16 heavy (non-hydrogen) atoms. The van der Waals surface area contributed by atoms with Gasteiger partial charge in [-0.3, -0.25) is 4.79 Å². The lowest BCUT2D eigenvalue weighted by Gasteiger charge is -2.29. The molecule has 1 saturated carbocycles. The minimum absolute atomic E-state index is 0.0280. The zero-order valence-corrected chi connectivity index (χ0v) is 11.1. The number of carbonyl (C=O) groups excluding carboxylic acids is 1. The lowest BCUT2D eigenvalue weighted by Crippen LogP contribution is -2.30. The predicted molar refractivity (Wildman–Crippen MR) is 66.5 cm³/mol. The highest BCUT2D eigenvalue weighted by Crippen LogP contribution is 2.41. The predicted octanol–water partition coefficient (Wildman–Crippen LogP) is 3.73. The zero-order valence-electron chi connectivity index (χ0n) is 11.1. The van der Waals surface area contributed by atoms with Crippen LogP contribution in [0.3, 0.4) is 0 Å². The molecular formula is C14H26O2. The van der Waals surface area contributed by atoms with E-state index in [1.54, 1.807) is 0 Å². The Labute approximate surface area is 99.8 Å². The van der Waals surface area contributed by atoms with E-state index in [9.17, 15) is 4.79 Å². The summed E-state index contributed by atoms with van der Waals surface area (Å²) in [4.78, 5) is 11.7. The zero-order chi connectivity index (χ0) is 12.0. The smallest absolute Gasteiger partial charge is 0.135 e. The van der Waals surface area contributed by atoms with Gasteiger partial charge >= 0.3 is 0 Å². The Kier molecular flexibility index (Phi) is 5.47. The average Bonchev–Trinajstić information content (AvgIpc) is 2.71. The first-order valence-electron chi connectivity index (χ1n) is 6.84. The summed E-state index contributed by atoms with van der Waals surface area (Å²) in [5, 5.41) is 0. The molecule has 94 valence electrons. The Bertz CT molecular complexity index is 225. The topological polar surface area (TPSA) is 26.3 Å². The fraction of sp³-hybridized carbons (Fsp3) is 0.929. The summed E-state index contributed by atoms with van der Waals surface area (Å²) in [5.41, 5.74) is 0.0280. The molecule has 0 heterocycles. The molecule has 2 nitrogen and oxygen atoms in total. The first-order chi connectivity index (χ1) is 7.67. The van der Waals surface area contributed by atoms with Crippen molar-refractivity contribution in [3.8, 4) is 0 Å². The van der Waals surface area contributed by atoms with E-state index in [0.717, 1.165) is 45.1 Å². The summed E-state index contributed by atoms with van der Waals surface area (Å²) in [6.07, 6.45) is 7.09. The van der Waals surface area contributed by atoms with Gasteiger partial charge in [0.05, 0.1) is 5.60 Å². The van der Waals surface area contributed by atoms with E-state index < -0.39 is 0 Å². The van der Waals surface area contributed by atoms with Crippen LogP contribution in [0, 0.1) is 5.92 Å². The van der Waals surface area contributed by atoms with Gasteiger partial charge in [-0.2, -0.15) is 0 Å². The summed E-state index contributed by atoms with van der Waals surface area (Å²) in [6, 6.07) is 0. The van der Waals surface area contributed by atoms with Gasteiger partial charge in [0.25, 0.3) is 0 Å². The van der Waals surface area contributed by atoms with Crippen LogP contribution >= 0.6 is 0 Å².